The summed E-state index contributed by atoms with van der Waals surface area (Å²) >= 11 is 0. The highest BCUT2D eigenvalue weighted by atomic mass is 16.5. The molecule has 19 heavy (non-hydrogen) atoms. The summed E-state index contributed by atoms with van der Waals surface area (Å²) in [6.45, 7) is 12.2. The molecule has 1 aliphatic heterocycles. The summed E-state index contributed by atoms with van der Waals surface area (Å²) in [4.78, 5) is 13.5. The lowest BCUT2D eigenvalue weighted by Crippen LogP contribution is -2.58. The predicted molar refractivity (Wildman–Crippen MR) is 72.9 cm³/mol. The zero-order valence-corrected chi connectivity index (χ0v) is 12.7. The van der Waals surface area contributed by atoms with E-state index in [0.717, 1.165) is 13.1 Å². The van der Waals surface area contributed by atoms with Crippen LogP contribution in [0.5, 0.6) is 0 Å². The Kier molecular flexibility index (Phi) is 5.35. The topological polar surface area (TPSA) is 59.0 Å². The fourth-order valence-electron chi connectivity index (χ4n) is 2.85. The zero-order chi connectivity index (χ0) is 14.7. The van der Waals surface area contributed by atoms with Gasteiger partial charge in [-0.25, -0.2) is 0 Å². The average molecular weight is 273 g/mol. The number of carbonyl (C=O) groups is 1. The normalized spacial score (nSPS) is 23.9. The van der Waals surface area contributed by atoms with Crippen molar-refractivity contribution >= 4 is 5.97 Å². The molecule has 1 unspecified atom stereocenters. The van der Waals surface area contributed by atoms with Gasteiger partial charge < -0.3 is 14.6 Å². The first-order chi connectivity index (χ1) is 8.63. The van der Waals surface area contributed by atoms with Gasteiger partial charge in [-0.2, -0.15) is 0 Å². The van der Waals surface area contributed by atoms with Crippen LogP contribution in [0.3, 0.4) is 0 Å². The molecule has 1 heterocycles. The van der Waals surface area contributed by atoms with Gasteiger partial charge in [0, 0.05) is 19.6 Å². The molecule has 1 rings (SSSR count). The lowest BCUT2D eigenvalue weighted by molar-refractivity contribution is -0.184. The molecule has 1 N–H and O–H groups in total. The summed E-state index contributed by atoms with van der Waals surface area (Å²) in [5, 5.41) is 9.96. The van der Waals surface area contributed by atoms with Gasteiger partial charge in [0.2, 0.25) is 0 Å². The number of esters is 1. The molecule has 0 aliphatic carbocycles. The van der Waals surface area contributed by atoms with E-state index in [9.17, 15) is 9.90 Å². The Morgan fingerprint density at radius 3 is 2.32 bits per heavy atom. The van der Waals surface area contributed by atoms with Gasteiger partial charge in [0.15, 0.2) is 0 Å². The first kappa shape index (κ1) is 16.4. The lowest BCUT2D eigenvalue weighted by Gasteiger charge is -2.47. The maximum Gasteiger partial charge on any atom is 0.308 e. The van der Waals surface area contributed by atoms with E-state index in [0.29, 0.717) is 13.2 Å². The molecule has 5 nitrogen and oxygen atoms in total. The van der Waals surface area contributed by atoms with Crippen LogP contribution in [0.15, 0.2) is 0 Å². The van der Waals surface area contributed by atoms with Gasteiger partial charge in [0.25, 0.3) is 0 Å². The number of ether oxygens (including phenoxy) is 2. The van der Waals surface area contributed by atoms with Crippen LogP contribution < -0.4 is 0 Å². The summed E-state index contributed by atoms with van der Waals surface area (Å²) in [5.41, 5.74) is -0.489. The Morgan fingerprint density at radius 1 is 1.32 bits per heavy atom. The quantitative estimate of drug-likeness (QED) is 0.763. The van der Waals surface area contributed by atoms with Crippen molar-refractivity contribution in [3.63, 3.8) is 0 Å². The molecule has 112 valence electrons. The minimum atomic E-state index is -0.691. The average Bonchev–Trinajstić information content (AvgIpc) is 2.10. The van der Waals surface area contributed by atoms with Crippen LogP contribution in [0, 0.1) is 0 Å². The second kappa shape index (κ2) is 6.20. The Morgan fingerprint density at radius 2 is 1.84 bits per heavy atom. The summed E-state index contributed by atoms with van der Waals surface area (Å²) in [5.74, 6) is -0.346. The SMILES string of the molecule is CCOC(=O)CC(O)CN1CC(C)(C)OC(C)(C)C1. The van der Waals surface area contributed by atoms with Crippen molar-refractivity contribution in [1.82, 2.24) is 4.90 Å². The van der Waals surface area contributed by atoms with E-state index in [1.807, 2.05) is 27.7 Å². The van der Waals surface area contributed by atoms with Crippen molar-refractivity contribution < 1.29 is 19.4 Å². The Bertz CT molecular complexity index is 299. The molecule has 5 heteroatoms. The third kappa shape index (κ3) is 5.89. The maximum absolute atomic E-state index is 11.3. The fraction of sp³-hybridized carbons (Fsp3) is 0.929. The van der Waals surface area contributed by atoms with Crippen LogP contribution in [-0.2, 0) is 14.3 Å². The minimum absolute atomic E-state index is 0.0477. The standard InChI is InChI=1S/C14H27NO4/c1-6-18-12(17)7-11(16)8-15-9-13(2,3)19-14(4,5)10-15/h11,16H,6-10H2,1-5H3. The Balaban J connectivity index is 2.49. The van der Waals surface area contributed by atoms with Gasteiger partial charge in [-0.1, -0.05) is 0 Å². The van der Waals surface area contributed by atoms with Crippen molar-refractivity contribution in [2.24, 2.45) is 0 Å². The van der Waals surface area contributed by atoms with Crippen LogP contribution in [0.1, 0.15) is 41.0 Å². The van der Waals surface area contributed by atoms with Crippen LogP contribution in [0.4, 0.5) is 0 Å². The highest BCUT2D eigenvalue weighted by Crippen LogP contribution is 2.28. The number of nitrogens with zero attached hydrogens (tertiary/aromatic N) is 1. The molecule has 1 aliphatic rings. The Hall–Kier alpha value is -0.650. The molecule has 1 saturated heterocycles. The van der Waals surface area contributed by atoms with Crippen molar-refractivity contribution in [3.05, 3.63) is 0 Å². The first-order valence-electron chi connectivity index (χ1n) is 6.90. The highest BCUT2D eigenvalue weighted by molar-refractivity contribution is 5.69. The van der Waals surface area contributed by atoms with Gasteiger partial charge in [-0.3, -0.25) is 9.69 Å². The van der Waals surface area contributed by atoms with Crippen LogP contribution in [0.2, 0.25) is 0 Å². The number of rotatable bonds is 5. The summed E-state index contributed by atoms with van der Waals surface area (Å²) in [6.07, 6.45) is -0.643. The van der Waals surface area contributed by atoms with Gasteiger partial charge in [-0.05, 0) is 34.6 Å². The van der Waals surface area contributed by atoms with Gasteiger partial charge >= 0.3 is 5.97 Å². The van der Waals surface area contributed by atoms with E-state index in [1.54, 1.807) is 6.92 Å². The number of carbonyl (C=O) groups excluding carboxylic acids is 1. The molecule has 0 aromatic heterocycles. The molecule has 0 radical (unpaired) electrons. The van der Waals surface area contributed by atoms with E-state index in [-0.39, 0.29) is 23.6 Å². The third-order valence-electron chi connectivity index (χ3n) is 2.94. The monoisotopic (exact) mass is 273 g/mol. The molecular weight excluding hydrogens is 246 g/mol. The fourth-order valence-corrected chi connectivity index (χ4v) is 2.85. The van der Waals surface area contributed by atoms with Gasteiger partial charge in [0.05, 0.1) is 30.3 Å². The van der Waals surface area contributed by atoms with Crippen LogP contribution in [0.25, 0.3) is 0 Å². The number of aliphatic hydroxyl groups excluding tert-OH is 1. The zero-order valence-electron chi connectivity index (χ0n) is 12.7. The largest absolute Gasteiger partial charge is 0.466 e. The van der Waals surface area contributed by atoms with Crippen molar-refractivity contribution in [1.29, 1.82) is 0 Å². The molecule has 0 aromatic rings. The summed E-state index contributed by atoms with van der Waals surface area (Å²) in [6, 6.07) is 0. The molecule has 0 bridgehead atoms. The molecule has 0 aromatic carbocycles. The van der Waals surface area contributed by atoms with E-state index >= 15 is 0 Å². The first-order valence-corrected chi connectivity index (χ1v) is 6.90. The number of aliphatic hydroxyl groups is 1. The van der Waals surface area contributed by atoms with Crippen LogP contribution in [-0.4, -0.2) is 59.5 Å². The third-order valence-corrected chi connectivity index (χ3v) is 2.94. The molecule has 0 amide bonds. The Labute approximate surface area is 115 Å². The van der Waals surface area contributed by atoms with E-state index < -0.39 is 6.10 Å². The van der Waals surface area contributed by atoms with Gasteiger partial charge in [-0.15, -0.1) is 0 Å². The van der Waals surface area contributed by atoms with Crippen molar-refractivity contribution in [2.75, 3.05) is 26.2 Å². The minimum Gasteiger partial charge on any atom is -0.466 e. The van der Waals surface area contributed by atoms with Gasteiger partial charge in [0.1, 0.15) is 0 Å². The number of hydrogen-bond donors (Lipinski definition) is 1. The van der Waals surface area contributed by atoms with Crippen LogP contribution >= 0.6 is 0 Å². The van der Waals surface area contributed by atoms with E-state index in [1.165, 1.54) is 0 Å². The van der Waals surface area contributed by atoms with E-state index in [2.05, 4.69) is 4.90 Å². The molecule has 0 spiro atoms. The number of hydrogen-bond acceptors (Lipinski definition) is 5. The number of β-amino-alcohol motifs (C(OH)–C–C–N with tert-alkyl or cyclic N) is 1. The lowest BCUT2D eigenvalue weighted by atomic mass is 9.98. The second-order valence-corrected chi connectivity index (χ2v) is 6.45. The summed E-state index contributed by atoms with van der Waals surface area (Å²) < 4.78 is 10.8. The van der Waals surface area contributed by atoms with Crippen molar-refractivity contribution in [2.45, 2.75) is 58.3 Å². The predicted octanol–water partition coefficient (Wildman–Crippen LogP) is 1.19. The molecular formula is C14H27NO4. The second-order valence-electron chi connectivity index (χ2n) is 6.45. The number of morpholine rings is 1. The molecule has 0 saturated carbocycles. The molecule has 1 atom stereocenters. The molecule has 1 fully saturated rings. The highest BCUT2D eigenvalue weighted by Gasteiger charge is 2.38. The van der Waals surface area contributed by atoms with E-state index in [4.69, 9.17) is 9.47 Å². The smallest absolute Gasteiger partial charge is 0.308 e. The summed E-state index contributed by atoms with van der Waals surface area (Å²) in [7, 11) is 0. The maximum atomic E-state index is 11.3. The van der Waals surface area contributed by atoms with Crippen molar-refractivity contribution in [3.8, 4) is 0 Å².